The van der Waals surface area contributed by atoms with Crippen molar-refractivity contribution in [3.05, 3.63) is 26.9 Å². The summed E-state index contributed by atoms with van der Waals surface area (Å²) in [5, 5.41) is 14.7. The monoisotopic (exact) mass is 342 g/mol. The van der Waals surface area contributed by atoms with Crippen LogP contribution in [0.15, 0.2) is 16.7 Å². The van der Waals surface area contributed by atoms with Gasteiger partial charge in [0.2, 0.25) is 5.82 Å². The topological polar surface area (TPSA) is 71.3 Å². The highest BCUT2D eigenvalue weighted by molar-refractivity contribution is 9.10. The third-order valence-electron chi connectivity index (χ3n) is 3.75. The summed E-state index contributed by atoms with van der Waals surface area (Å²) >= 11 is 3.25. The molecule has 2 atom stereocenters. The number of hydrogen-bond acceptors (Lipinski definition) is 5. The highest BCUT2D eigenvalue weighted by atomic mass is 79.9. The Labute approximate surface area is 126 Å². The molecule has 2 heterocycles. The van der Waals surface area contributed by atoms with E-state index in [1.54, 1.807) is 6.20 Å². The maximum Gasteiger partial charge on any atom is 0.312 e. The van der Waals surface area contributed by atoms with E-state index in [0.29, 0.717) is 16.3 Å². The smallest absolute Gasteiger partial charge is 0.312 e. The van der Waals surface area contributed by atoms with Gasteiger partial charge in [-0.15, -0.1) is 0 Å². The van der Waals surface area contributed by atoms with E-state index in [9.17, 15) is 10.1 Å². The zero-order chi connectivity index (χ0) is 14.7. The predicted octanol–water partition coefficient (Wildman–Crippen LogP) is 2.72. The fourth-order valence-corrected chi connectivity index (χ4v) is 2.86. The Morgan fingerprint density at radius 1 is 1.55 bits per heavy atom. The highest BCUT2D eigenvalue weighted by Gasteiger charge is 2.31. The molecule has 110 valence electrons. The van der Waals surface area contributed by atoms with Gasteiger partial charge in [-0.3, -0.25) is 10.1 Å². The number of piperazine rings is 1. The van der Waals surface area contributed by atoms with E-state index in [-0.39, 0.29) is 16.7 Å². The van der Waals surface area contributed by atoms with Gasteiger partial charge in [0.15, 0.2) is 0 Å². The van der Waals surface area contributed by atoms with Crippen LogP contribution < -0.4 is 10.2 Å². The standard InChI is InChI=1S/C13H19BrN4O2/c1-3-10-8-17(11(4-2)7-15-10)13-12(18(19)20)5-9(14)6-16-13/h5-6,10-11,15H,3-4,7-8H2,1-2H3. The summed E-state index contributed by atoms with van der Waals surface area (Å²) in [6.45, 7) is 5.80. The van der Waals surface area contributed by atoms with Gasteiger partial charge in [-0.05, 0) is 28.8 Å². The van der Waals surface area contributed by atoms with Crippen molar-refractivity contribution in [2.45, 2.75) is 38.8 Å². The van der Waals surface area contributed by atoms with Gasteiger partial charge in [0, 0.05) is 41.9 Å². The summed E-state index contributed by atoms with van der Waals surface area (Å²) in [7, 11) is 0. The molecular formula is C13H19BrN4O2. The van der Waals surface area contributed by atoms with Crippen LogP contribution in [-0.2, 0) is 0 Å². The van der Waals surface area contributed by atoms with E-state index in [2.05, 4.69) is 45.0 Å². The number of hydrogen-bond donors (Lipinski definition) is 1. The molecule has 0 amide bonds. The molecule has 1 saturated heterocycles. The normalized spacial score (nSPS) is 22.9. The molecule has 1 aromatic heterocycles. The molecule has 1 fully saturated rings. The fraction of sp³-hybridized carbons (Fsp3) is 0.615. The van der Waals surface area contributed by atoms with Crippen LogP contribution in [0.25, 0.3) is 0 Å². The molecule has 1 aromatic rings. The SMILES string of the molecule is CCC1CN(c2ncc(Br)cc2[N+](=O)[O-])C(CC)CN1. The minimum Gasteiger partial charge on any atom is -0.345 e. The van der Waals surface area contributed by atoms with Crippen molar-refractivity contribution in [2.75, 3.05) is 18.0 Å². The van der Waals surface area contributed by atoms with Crippen LogP contribution in [0.5, 0.6) is 0 Å². The third-order valence-corrected chi connectivity index (χ3v) is 4.18. The lowest BCUT2D eigenvalue weighted by molar-refractivity contribution is -0.384. The van der Waals surface area contributed by atoms with Crippen molar-refractivity contribution in [2.24, 2.45) is 0 Å². The molecule has 2 rings (SSSR count). The Hall–Kier alpha value is -1.21. The lowest BCUT2D eigenvalue weighted by atomic mass is 10.0. The number of nitrogens with one attached hydrogen (secondary N) is 1. The molecule has 0 spiro atoms. The maximum atomic E-state index is 11.3. The van der Waals surface area contributed by atoms with E-state index in [0.717, 1.165) is 25.9 Å². The van der Waals surface area contributed by atoms with Gasteiger partial charge in [-0.1, -0.05) is 13.8 Å². The molecule has 0 saturated carbocycles. The van der Waals surface area contributed by atoms with E-state index in [4.69, 9.17) is 0 Å². The zero-order valence-electron chi connectivity index (χ0n) is 11.7. The van der Waals surface area contributed by atoms with Crippen molar-refractivity contribution in [3.8, 4) is 0 Å². The summed E-state index contributed by atoms with van der Waals surface area (Å²) in [6, 6.07) is 2.12. The summed E-state index contributed by atoms with van der Waals surface area (Å²) in [4.78, 5) is 17.3. The van der Waals surface area contributed by atoms with Crippen molar-refractivity contribution >= 4 is 27.4 Å². The summed E-state index contributed by atoms with van der Waals surface area (Å²) in [5.41, 5.74) is 0.0644. The average Bonchev–Trinajstić information content (AvgIpc) is 2.46. The molecule has 0 radical (unpaired) electrons. The fourth-order valence-electron chi connectivity index (χ4n) is 2.54. The molecule has 1 aliphatic rings. The number of rotatable bonds is 4. The summed E-state index contributed by atoms with van der Waals surface area (Å²) < 4.78 is 0.628. The largest absolute Gasteiger partial charge is 0.345 e. The van der Waals surface area contributed by atoms with E-state index in [1.807, 2.05) is 0 Å². The molecule has 0 aromatic carbocycles. The van der Waals surface area contributed by atoms with Gasteiger partial charge in [0.1, 0.15) is 0 Å². The average molecular weight is 343 g/mol. The quantitative estimate of drug-likeness (QED) is 0.672. The number of nitrogens with zero attached hydrogens (tertiary/aromatic N) is 3. The van der Waals surface area contributed by atoms with E-state index < -0.39 is 0 Å². The van der Waals surface area contributed by atoms with Crippen LogP contribution in [-0.4, -0.2) is 35.1 Å². The van der Waals surface area contributed by atoms with Crippen LogP contribution in [0.2, 0.25) is 0 Å². The van der Waals surface area contributed by atoms with Crippen LogP contribution in [0.1, 0.15) is 26.7 Å². The highest BCUT2D eigenvalue weighted by Crippen LogP contribution is 2.31. The number of nitro groups is 1. The predicted molar refractivity (Wildman–Crippen MR) is 82.1 cm³/mol. The Balaban J connectivity index is 2.38. The first-order valence-corrected chi connectivity index (χ1v) is 7.66. The van der Waals surface area contributed by atoms with Gasteiger partial charge < -0.3 is 10.2 Å². The Morgan fingerprint density at radius 2 is 2.30 bits per heavy atom. The molecule has 0 aliphatic carbocycles. The summed E-state index contributed by atoms with van der Waals surface area (Å²) in [5.74, 6) is 0.477. The minimum absolute atomic E-state index is 0.0644. The second-order valence-corrected chi connectivity index (χ2v) is 5.90. The molecule has 20 heavy (non-hydrogen) atoms. The van der Waals surface area contributed by atoms with Crippen molar-refractivity contribution < 1.29 is 4.92 Å². The molecule has 1 N–H and O–H groups in total. The Kier molecular flexibility index (Phi) is 4.93. The summed E-state index contributed by atoms with van der Waals surface area (Å²) in [6.07, 6.45) is 3.55. The van der Waals surface area contributed by atoms with Crippen LogP contribution >= 0.6 is 15.9 Å². The third kappa shape index (κ3) is 3.09. The Bertz CT molecular complexity index is 497. The van der Waals surface area contributed by atoms with Gasteiger partial charge in [0.25, 0.3) is 0 Å². The lowest BCUT2D eigenvalue weighted by Crippen LogP contribution is -2.56. The first-order chi connectivity index (χ1) is 9.56. The van der Waals surface area contributed by atoms with Crippen molar-refractivity contribution in [3.63, 3.8) is 0 Å². The molecule has 6 nitrogen and oxygen atoms in total. The number of aromatic nitrogens is 1. The van der Waals surface area contributed by atoms with Crippen molar-refractivity contribution in [1.82, 2.24) is 10.3 Å². The zero-order valence-corrected chi connectivity index (χ0v) is 13.3. The Morgan fingerprint density at radius 3 is 2.90 bits per heavy atom. The van der Waals surface area contributed by atoms with Gasteiger partial charge in [0.05, 0.1) is 4.92 Å². The second-order valence-electron chi connectivity index (χ2n) is 4.98. The molecular weight excluding hydrogens is 324 g/mol. The van der Waals surface area contributed by atoms with Gasteiger partial charge >= 0.3 is 5.69 Å². The van der Waals surface area contributed by atoms with Gasteiger partial charge in [-0.2, -0.15) is 0 Å². The van der Waals surface area contributed by atoms with Crippen LogP contribution in [0.4, 0.5) is 11.5 Å². The number of halogens is 1. The molecule has 1 aliphatic heterocycles. The minimum atomic E-state index is -0.358. The lowest BCUT2D eigenvalue weighted by Gasteiger charge is -2.40. The maximum absolute atomic E-state index is 11.3. The van der Waals surface area contributed by atoms with E-state index in [1.165, 1.54) is 6.07 Å². The van der Waals surface area contributed by atoms with Crippen LogP contribution in [0, 0.1) is 10.1 Å². The van der Waals surface area contributed by atoms with Crippen molar-refractivity contribution in [1.29, 1.82) is 0 Å². The molecule has 7 heteroatoms. The van der Waals surface area contributed by atoms with Gasteiger partial charge in [-0.25, -0.2) is 4.98 Å². The first kappa shape index (κ1) is 15.2. The van der Waals surface area contributed by atoms with E-state index >= 15 is 0 Å². The first-order valence-electron chi connectivity index (χ1n) is 6.86. The molecule has 2 unspecified atom stereocenters. The number of pyridine rings is 1. The number of anilines is 1. The second kappa shape index (κ2) is 6.49. The van der Waals surface area contributed by atoms with Crippen LogP contribution in [0.3, 0.4) is 0 Å². The molecule has 0 bridgehead atoms.